The topological polar surface area (TPSA) is 107 Å². The van der Waals surface area contributed by atoms with Crippen LogP contribution in [0.5, 0.6) is 11.5 Å². The van der Waals surface area contributed by atoms with Crippen molar-refractivity contribution in [2.24, 2.45) is 0 Å². The number of halogens is 10. The van der Waals surface area contributed by atoms with Crippen LogP contribution in [0.15, 0.2) is 60.7 Å². The van der Waals surface area contributed by atoms with Crippen molar-refractivity contribution in [1.82, 2.24) is 0 Å². The van der Waals surface area contributed by atoms with E-state index < -0.39 is 75.6 Å². The second-order valence-electron chi connectivity index (χ2n) is 11.2. The minimum atomic E-state index is -6.73. The van der Waals surface area contributed by atoms with Crippen LogP contribution in [0.2, 0.25) is 0 Å². The number of benzene rings is 3. The number of rotatable bonds is 21. The highest BCUT2D eigenvalue weighted by atomic mass is 19.3. The number of fused-ring (bicyclic) bond motifs is 1. The Balaban J connectivity index is 1.51. The highest BCUT2D eigenvalue weighted by molar-refractivity contribution is 5.83. The summed E-state index contributed by atoms with van der Waals surface area (Å²) in [5, 5.41) is 30.3. The molecule has 0 spiro atoms. The summed E-state index contributed by atoms with van der Waals surface area (Å²) >= 11 is 0. The van der Waals surface area contributed by atoms with Crippen LogP contribution < -0.4 is 4.74 Å². The average molecular weight is 737 g/mol. The number of alkyl halides is 10. The quantitative estimate of drug-likeness (QED) is 0.0953. The highest BCUT2D eigenvalue weighted by Crippen LogP contribution is 2.47. The van der Waals surface area contributed by atoms with Gasteiger partial charge in [0.2, 0.25) is 0 Å². The summed E-state index contributed by atoms with van der Waals surface area (Å²) in [7, 11) is 0. The van der Waals surface area contributed by atoms with Gasteiger partial charge in [-0.2, -0.15) is 43.9 Å². The van der Waals surface area contributed by atoms with E-state index in [9.17, 15) is 59.2 Å². The van der Waals surface area contributed by atoms with E-state index in [4.69, 9.17) is 4.74 Å². The molecule has 0 saturated carbocycles. The molecule has 2 unspecified atom stereocenters. The molecule has 0 bridgehead atoms. The maximum atomic E-state index is 14.2. The van der Waals surface area contributed by atoms with Crippen LogP contribution in [0, 0.1) is 0 Å². The van der Waals surface area contributed by atoms with Gasteiger partial charge in [0.25, 0.3) is 0 Å². The fraction of sp³-hybridized carbons (Fsp3) is 0.500. The van der Waals surface area contributed by atoms with Crippen molar-refractivity contribution in [1.29, 1.82) is 0 Å². The third kappa shape index (κ3) is 11.6. The molecule has 0 aromatic heterocycles. The van der Waals surface area contributed by atoms with E-state index in [1.807, 2.05) is 6.92 Å². The molecular formula is C32H34F10O8. The number of hydrogen-bond acceptors (Lipinski definition) is 8. The molecule has 0 fully saturated rings. The zero-order valence-corrected chi connectivity index (χ0v) is 26.2. The predicted octanol–water partition coefficient (Wildman–Crippen LogP) is 7.78. The Bertz CT molecular complexity index is 1510. The van der Waals surface area contributed by atoms with Crippen molar-refractivity contribution >= 4 is 10.8 Å². The number of phenolic OH excluding ortho intramolecular Hbond substituents is 1. The van der Waals surface area contributed by atoms with Crippen molar-refractivity contribution in [3.63, 3.8) is 0 Å². The normalized spacial score (nSPS) is 14.6. The SMILES string of the molecule is CCCCC(O)c1ccc2cc(COCC(F)(F)C(F)(F)OC(F)(F)C(F)(F)OC(F)(F)COCC(O)COc3ccc(O)cc3)ccc2c1. The molecule has 0 amide bonds. The molecule has 0 saturated heterocycles. The van der Waals surface area contributed by atoms with Crippen LogP contribution in [-0.4, -0.2) is 78.2 Å². The van der Waals surface area contributed by atoms with E-state index in [0.717, 1.165) is 12.8 Å². The molecule has 0 aliphatic rings. The van der Waals surface area contributed by atoms with Crippen molar-refractivity contribution < 1.29 is 82.9 Å². The molecule has 8 nitrogen and oxygen atoms in total. The summed E-state index contributed by atoms with van der Waals surface area (Å²) in [5.74, 6) is -5.67. The van der Waals surface area contributed by atoms with Crippen LogP contribution in [-0.2, 0) is 25.6 Å². The molecule has 3 aromatic carbocycles. The van der Waals surface area contributed by atoms with E-state index in [-0.39, 0.29) is 17.1 Å². The van der Waals surface area contributed by atoms with Crippen LogP contribution in [0.3, 0.4) is 0 Å². The van der Waals surface area contributed by atoms with Crippen molar-refractivity contribution in [3.8, 4) is 11.5 Å². The number of unbranched alkanes of at least 4 members (excludes halogenated alkanes) is 1. The van der Waals surface area contributed by atoms with Gasteiger partial charge in [0.05, 0.1) is 19.3 Å². The molecule has 0 aliphatic carbocycles. The van der Waals surface area contributed by atoms with Crippen LogP contribution >= 0.6 is 0 Å². The first kappa shape index (κ1) is 41.0. The summed E-state index contributed by atoms with van der Waals surface area (Å²) in [6, 6.07) is 14.2. The first-order valence-electron chi connectivity index (χ1n) is 14.9. The number of phenols is 1. The van der Waals surface area contributed by atoms with Gasteiger partial charge in [-0.15, -0.1) is 0 Å². The number of aliphatic hydroxyl groups is 2. The van der Waals surface area contributed by atoms with Crippen molar-refractivity contribution in [3.05, 3.63) is 71.8 Å². The van der Waals surface area contributed by atoms with Crippen LogP contribution in [0.4, 0.5) is 43.9 Å². The lowest BCUT2D eigenvalue weighted by molar-refractivity contribution is -0.530. The predicted molar refractivity (Wildman–Crippen MR) is 155 cm³/mol. The first-order chi connectivity index (χ1) is 23.2. The zero-order valence-electron chi connectivity index (χ0n) is 26.2. The van der Waals surface area contributed by atoms with Gasteiger partial charge in [-0.05, 0) is 64.7 Å². The lowest BCUT2D eigenvalue weighted by Crippen LogP contribution is -2.57. The molecule has 18 heteroatoms. The average Bonchev–Trinajstić information content (AvgIpc) is 3.01. The smallest absolute Gasteiger partial charge is 0.453 e. The van der Waals surface area contributed by atoms with Gasteiger partial charge < -0.3 is 29.5 Å². The Morgan fingerprint density at radius 3 is 1.96 bits per heavy atom. The largest absolute Gasteiger partial charge is 0.508 e. The second kappa shape index (κ2) is 16.7. The molecule has 2 atom stereocenters. The summed E-state index contributed by atoms with van der Waals surface area (Å²) in [5.41, 5.74) is 0.801. The first-order valence-corrected chi connectivity index (χ1v) is 14.9. The molecule has 50 heavy (non-hydrogen) atoms. The van der Waals surface area contributed by atoms with Gasteiger partial charge in [-0.25, -0.2) is 9.47 Å². The van der Waals surface area contributed by atoms with Crippen LogP contribution in [0.25, 0.3) is 10.8 Å². The second-order valence-corrected chi connectivity index (χ2v) is 11.2. The number of aliphatic hydroxyl groups excluding tert-OH is 2. The summed E-state index contributed by atoms with van der Waals surface area (Å²) in [4.78, 5) is 0. The maximum Gasteiger partial charge on any atom is 0.453 e. The third-order valence-corrected chi connectivity index (χ3v) is 6.85. The van der Waals surface area contributed by atoms with E-state index in [2.05, 4.69) is 18.9 Å². The minimum absolute atomic E-state index is 0.116. The number of hydrogen-bond donors (Lipinski definition) is 3. The monoisotopic (exact) mass is 736 g/mol. The van der Waals surface area contributed by atoms with Gasteiger partial charge >= 0.3 is 30.4 Å². The third-order valence-electron chi connectivity index (χ3n) is 6.85. The lowest BCUT2D eigenvalue weighted by Gasteiger charge is -2.33. The summed E-state index contributed by atoms with van der Waals surface area (Å²) < 4.78 is 159. The number of ether oxygens (including phenoxy) is 5. The van der Waals surface area contributed by atoms with E-state index in [1.54, 1.807) is 18.2 Å². The van der Waals surface area contributed by atoms with Crippen LogP contribution in [0.1, 0.15) is 43.4 Å². The van der Waals surface area contributed by atoms with Gasteiger partial charge in [0.15, 0.2) is 0 Å². The van der Waals surface area contributed by atoms with Gasteiger partial charge in [0, 0.05) is 0 Å². The lowest BCUT2D eigenvalue weighted by atomic mass is 9.99. The summed E-state index contributed by atoms with van der Waals surface area (Å²) in [6.07, 6.45) is -25.2. The van der Waals surface area contributed by atoms with E-state index in [1.165, 1.54) is 42.5 Å². The Labute approximate surface area is 279 Å². The summed E-state index contributed by atoms with van der Waals surface area (Å²) in [6.45, 7) is -4.96. The molecule has 3 rings (SSSR count). The highest BCUT2D eigenvalue weighted by Gasteiger charge is 2.72. The fourth-order valence-electron chi connectivity index (χ4n) is 4.22. The Morgan fingerprint density at radius 2 is 1.30 bits per heavy atom. The fourth-order valence-corrected chi connectivity index (χ4v) is 4.22. The molecular weight excluding hydrogens is 702 g/mol. The number of aromatic hydroxyl groups is 1. The van der Waals surface area contributed by atoms with Gasteiger partial charge in [-0.3, -0.25) is 0 Å². The zero-order chi connectivity index (χ0) is 37.4. The van der Waals surface area contributed by atoms with E-state index in [0.29, 0.717) is 22.8 Å². The Morgan fingerprint density at radius 1 is 0.680 bits per heavy atom. The molecule has 3 aromatic rings. The van der Waals surface area contributed by atoms with Crippen molar-refractivity contribution in [2.45, 2.75) is 75.4 Å². The van der Waals surface area contributed by atoms with Gasteiger partial charge in [0.1, 0.15) is 37.4 Å². The Hall–Kier alpha value is -3.42. The molecule has 0 heterocycles. The minimum Gasteiger partial charge on any atom is -0.508 e. The van der Waals surface area contributed by atoms with Gasteiger partial charge in [-0.1, -0.05) is 44.0 Å². The standard InChI is InChI=1S/C32H34F10O8/c1-2-3-4-27(45)23-8-7-21-13-20(5-6-22(21)14-23)15-46-18-28(33,34)30(37,38)50-32(41,42)31(39,40)49-29(35,36)19-47-16-25(44)17-48-26-11-9-24(43)10-12-26/h5-14,25,27,43-45H,2-4,15-19H2,1H3. The maximum absolute atomic E-state index is 14.2. The molecule has 280 valence electrons. The van der Waals surface area contributed by atoms with E-state index >= 15 is 0 Å². The molecule has 0 radical (unpaired) electrons. The Kier molecular flexibility index (Phi) is 13.7. The van der Waals surface area contributed by atoms with Crippen molar-refractivity contribution in [2.75, 3.05) is 26.4 Å². The molecule has 3 N–H and O–H groups in total. The molecule has 0 aliphatic heterocycles.